The van der Waals surface area contributed by atoms with Crippen LogP contribution in [0.25, 0.3) is 0 Å². The molecule has 1 aromatic rings. The molecule has 0 radical (unpaired) electrons. The highest BCUT2D eigenvalue weighted by Crippen LogP contribution is 2.22. The van der Waals surface area contributed by atoms with Gasteiger partial charge in [-0.2, -0.15) is 0 Å². The van der Waals surface area contributed by atoms with E-state index in [1.54, 1.807) is 6.07 Å². The summed E-state index contributed by atoms with van der Waals surface area (Å²) in [6, 6.07) is 5.45. The third-order valence-corrected chi connectivity index (χ3v) is 3.44. The van der Waals surface area contributed by atoms with Gasteiger partial charge in [0.25, 0.3) is 0 Å². The summed E-state index contributed by atoms with van der Waals surface area (Å²) in [5.41, 5.74) is 7.31. The van der Waals surface area contributed by atoms with Crippen LogP contribution in [0, 0.1) is 0 Å². The van der Waals surface area contributed by atoms with Crippen LogP contribution >= 0.6 is 0 Å². The molecule has 1 aromatic carbocycles. The number of phenols is 1. The van der Waals surface area contributed by atoms with E-state index in [1.807, 2.05) is 19.1 Å². The summed E-state index contributed by atoms with van der Waals surface area (Å²) in [5, 5.41) is 9.39. The molecule has 0 saturated carbocycles. The number of rotatable bonds is 4. The molecule has 2 rings (SSSR count). The van der Waals surface area contributed by atoms with Crippen LogP contribution in [0.15, 0.2) is 18.2 Å². The van der Waals surface area contributed by atoms with Gasteiger partial charge >= 0.3 is 0 Å². The van der Waals surface area contributed by atoms with E-state index < -0.39 is 0 Å². The molecule has 0 atom stereocenters. The van der Waals surface area contributed by atoms with Crippen molar-refractivity contribution in [3.8, 4) is 5.75 Å². The van der Waals surface area contributed by atoms with Crippen LogP contribution in [0.3, 0.4) is 0 Å². The van der Waals surface area contributed by atoms with Crippen molar-refractivity contribution in [2.75, 3.05) is 25.4 Å². The highest BCUT2D eigenvalue weighted by atomic mass is 16.5. The van der Waals surface area contributed by atoms with Gasteiger partial charge in [0.1, 0.15) is 5.75 Å². The van der Waals surface area contributed by atoms with Crippen molar-refractivity contribution < 1.29 is 9.84 Å². The summed E-state index contributed by atoms with van der Waals surface area (Å²) in [7, 11) is 0. The molecule has 1 heterocycles. The van der Waals surface area contributed by atoms with Crippen molar-refractivity contribution >= 4 is 5.69 Å². The molecule has 1 fully saturated rings. The van der Waals surface area contributed by atoms with Gasteiger partial charge in [-0.25, -0.2) is 0 Å². The number of nitrogens with zero attached hydrogens (tertiary/aromatic N) is 1. The van der Waals surface area contributed by atoms with E-state index in [9.17, 15) is 5.11 Å². The lowest BCUT2D eigenvalue weighted by atomic mass is 10.1. The maximum Gasteiger partial charge on any atom is 0.138 e. The van der Waals surface area contributed by atoms with Crippen molar-refractivity contribution in [1.29, 1.82) is 0 Å². The molecule has 3 N–H and O–H groups in total. The van der Waals surface area contributed by atoms with Crippen LogP contribution < -0.4 is 5.73 Å². The molecule has 4 nitrogen and oxygen atoms in total. The lowest BCUT2D eigenvalue weighted by Gasteiger charge is -2.31. The van der Waals surface area contributed by atoms with Gasteiger partial charge in [0.2, 0.25) is 0 Å². The Morgan fingerprint density at radius 1 is 1.39 bits per heavy atom. The third-order valence-electron chi connectivity index (χ3n) is 3.44. The molecule has 0 bridgehead atoms. The number of piperidine rings is 1. The summed E-state index contributed by atoms with van der Waals surface area (Å²) in [6.07, 6.45) is 2.62. The van der Waals surface area contributed by atoms with Gasteiger partial charge in [-0.3, -0.25) is 4.90 Å². The summed E-state index contributed by atoms with van der Waals surface area (Å²) in [5.74, 6) is 0.161. The van der Waals surface area contributed by atoms with Gasteiger partial charge in [0, 0.05) is 26.2 Å². The molecule has 4 heteroatoms. The number of nitrogens with two attached hydrogens (primary N) is 1. The standard InChI is InChI=1S/C14H22N2O2/c1-2-18-12-5-7-16(8-6-12)10-11-3-4-14(17)13(15)9-11/h3-4,9,12,17H,2,5-8,10,15H2,1H3. The quantitative estimate of drug-likeness (QED) is 0.633. The van der Waals surface area contributed by atoms with Gasteiger partial charge in [0.15, 0.2) is 0 Å². The number of anilines is 1. The van der Waals surface area contributed by atoms with Crippen LogP contribution in [0.2, 0.25) is 0 Å². The lowest BCUT2D eigenvalue weighted by Crippen LogP contribution is -2.36. The molecule has 0 aliphatic carbocycles. The second-order valence-corrected chi connectivity index (χ2v) is 4.82. The van der Waals surface area contributed by atoms with E-state index in [2.05, 4.69) is 4.90 Å². The van der Waals surface area contributed by atoms with Gasteiger partial charge in [-0.05, 0) is 37.5 Å². The van der Waals surface area contributed by atoms with Crippen molar-refractivity contribution in [2.24, 2.45) is 0 Å². The molecular weight excluding hydrogens is 228 g/mol. The highest BCUT2D eigenvalue weighted by Gasteiger charge is 2.19. The van der Waals surface area contributed by atoms with Gasteiger partial charge in [0.05, 0.1) is 11.8 Å². The Labute approximate surface area is 108 Å². The van der Waals surface area contributed by atoms with E-state index in [-0.39, 0.29) is 5.75 Å². The predicted molar refractivity (Wildman–Crippen MR) is 72.4 cm³/mol. The number of aromatic hydroxyl groups is 1. The number of nitrogen functional groups attached to an aromatic ring is 1. The fourth-order valence-electron chi connectivity index (χ4n) is 2.43. The molecule has 1 saturated heterocycles. The molecule has 1 aliphatic rings. The van der Waals surface area contributed by atoms with Crippen LogP contribution in [-0.4, -0.2) is 35.8 Å². The van der Waals surface area contributed by atoms with E-state index in [0.29, 0.717) is 11.8 Å². The van der Waals surface area contributed by atoms with Crippen LogP contribution in [0.4, 0.5) is 5.69 Å². The first kappa shape index (κ1) is 13.2. The van der Waals surface area contributed by atoms with Crippen LogP contribution in [0.5, 0.6) is 5.75 Å². The second kappa shape index (κ2) is 6.07. The summed E-state index contributed by atoms with van der Waals surface area (Å²) < 4.78 is 5.64. The first-order valence-electron chi connectivity index (χ1n) is 6.60. The summed E-state index contributed by atoms with van der Waals surface area (Å²) in [6.45, 7) is 5.87. The van der Waals surface area contributed by atoms with E-state index in [0.717, 1.165) is 44.6 Å². The van der Waals surface area contributed by atoms with Crippen molar-refractivity contribution in [2.45, 2.75) is 32.4 Å². The molecule has 0 aromatic heterocycles. The predicted octanol–water partition coefficient (Wildman–Crippen LogP) is 1.98. The lowest BCUT2D eigenvalue weighted by molar-refractivity contribution is 0.0125. The largest absolute Gasteiger partial charge is 0.506 e. The Balaban J connectivity index is 1.85. The average molecular weight is 250 g/mol. The van der Waals surface area contributed by atoms with E-state index in [4.69, 9.17) is 10.5 Å². The normalized spacial score (nSPS) is 18.1. The molecule has 0 unspecified atom stereocenters. The third kappa shape index (κ3) is 3.37. The van der Waals surface area contributed by atoms with Crippen molar-refractivity contribution in [1.82, 2.24) is 4.90 Å². The number of ether oxygens (including phenoxy) is 1. The Hall–Kier alpha value is -1.26. The summed E-state index contributed by atoms with van der Waals surface area (Å²) in [4.78, 5) is 2.40. The number of hydrogen-bond acceptors (Lipinski definition) is 4. The fourth-order valence-corrected chi connectivity index (χ4v) is 2.43. The second-order valence-electron chi connectivity index (χ2n) is 4.82. The maximum atomic E-state index is 9.39. The Morgan fingerprint density at radius 2 is 2.11 bits per heavy atom. The first-order valence-corrected chi connectivity index (χ1v) is 6.60. The van der Waals surface area contributed by atoms with Crippen molar-refractivity contribution in [3.05, 3.63) is 23.8 Å². The number of hydrogen-bond donors (Lipinski definition) is 2. The molecular formula is C14H22N2O2. The van der Waals surface area contributed by atoms with Gasteiger partial charge in [-0.1, -0.05) is 6.07 Å². The molecule has 100 valence electrons. The number of benzene rings is 1. The molecule has 0 spiro atoms. The Morgan fingerprint density at radius 3 is 2.72 bits per heavy atom. The maximum absolute atomic E-state index is 9.39. The SMILES string of the molecule is CCOC1CCN(Cc2ccc(O)c(N)c2)CC1. The van der Waals surface area contributed by atoms with Gasteiger partial charge < -0.3 is 15.6 Å². The summed E-state index contributed by atoms with van der Waals surface area (Å²) >= 11 is 0. The van der Waals surface area contributed by atoms with Crippen LogP contribution in [-0.2, 0) is 11.3 Å². The topological polar surface area (TPSA) is 58.7 Å². The Bertz CT molecular complexity index is 387. The number of likely N-dealkylation sites (tertiary alicyclic amines) is 1. The molecule has 18 heavy (non-hydrogen) atoms. The minimum atomic E-state index is 0.161. The zero-order valence-electron chi connectivity index (χ0n) is 10.9. The monoisotopic (exact) mass is 250 g/mol. The first-order chi connectivity index (χ1) is 8.69. The smallest absolute Gasteiger partial charge is 0.138 e. The van der Waals surface area contributed by atoms with Gasteiger partial charge in [-0.15, -0.1) is 0 Å². The highest BCUT2D eigenvalue weighted by molar-refractivity contribution is 5.53. The van der Waals surface area contributed by atoms with E-state index in [1.165, 1.54) is 0 Å². The van der Waals surface area contributed by atoms with Crippen LogP contribution in [0.1, 0.15) is 25.3 Å². The fraction of sp³-hybridized carbons (Fsp3) is 0.571. The molecule has 0 amide bonds. The minimum absolute atomic E-state index is 0.161. The minimum Gasteiger partial charge on any atom is -0.506 e. The molecule has 1 aliphatic heterocycles. The zero-order chi connectivity index (χ0) is 13.0. The average Bonchev–Trinajstić information content (AvgIpc) is 2.37. The van der Waals surface area contributed by atoms with Crippen molar-refractivity contribution in [3.63, 3.8) is 0 Å². The zero-order valence-corrected chi connectivity index (χ0v) is 10.9. The van der Waals surface area contributed by atoms with E-state index >= 15 is 0 Å². The number of phenolic OH excluding ortho intramolecular Hbond substituents is 1. The Kier molecular flexibility index (Phi) is 4.44.